The minimum absolute atomic E-state index is 0.147. The van der Waals surface area contributed by atoms with E-state index < -0.39 is 0 Å². The van der Waals surface area contributed by atoms with Crippen molar-refractivity contribution in [2.75, 3.05) is 26.7 Å². The maximum atomic E-state index is 12.8. The van der Waals surface area contributed by atoms with Gasteiger partial charge in [0.05, 0.1) is 6.42 Å². The Hall–Kier alpha value is -3.42. The number of urea groups is 1. The van der Waals surface area contributed by atoms with Crippen LogP contribution < -0.4 is 16.0 Å². The molecule has 0 saturated carbocycles. The van der Waals surface area contributed by atoms with Gasteiger partial charge in [-0.25, -0.2) is 9.18 Å². The van der Waals surface area contributed by atoms with Crippen molar-refractivity contribution in [2.24, 2.45) is 0 Å². The van der Waals surface area contributed by atoms with Gasteiger partial charge in [-0.15, -0.1) is 0 Å². The standard InChI is InChI=1S/C22H27FN4O3/c1-27(16-18-5-3-2-4-6-18)22(30)26-12-11-20(28)24-13-14-25-21(29)15-17-7-9-19(23)10-8-17/h2-10H,11-16H2,1H3,(H,24,28)(H,25,29)(H,26,30). The van der Waals surface area contributed by atoms with Crippen LogP contribution in [-0.4, -0.2) is 49.4 Å². The van der Waals surface area contributed by atoms with Crippen LogP contribution in [0.15, 0.2) is 54.6 Å². The number of hydrogen-bond donors (Lipinski definition) is 3. The van der Waals surface area contributed by atoms with Gasteiger partial charge in [-0.2, -0.15) is 0 Å². The second-order valence-corrected chi connectivity index (χ2v) is 6.83. The average molecular weight is 414 g/mol. The van der Waals surface area contributed by atoms with Crippen molar-refractivity contribution in [3.05, 3.63) is 71.5 Å². The molecule has 0 saturated heterocycles. The minimum Gasteiger partial charge on any atom is -0.354 e. The van der Waals surface area contributed by atoms with E-state index in [1.807, 2.05) is 30.3 Å². The van der Waals surface area contributed by atoms with Gasteiger partial charge in [0.2, 0.25) is 11.8 Å². The highest BCUT2D eigenvalue weighted by molar-refractivity contribution is 5.79. The van der Waals surface area contributed by atoms with Gasteiger partial charge in [-0.1, -0.05) is 42.5 Å². The predicted molar refractivity (Wildman–Crippen MR) is 112 cm³/mol. The topological polar surface area (TPSA) is 90.5 Å². The SMILES string of the molecule is CN(Cc1ccccc1)C(=O)NCCC(=O)NCCNC(=O)Cc1ccc(F)cc1. The van der Waals surface area contributed by atoms with Gasteiger partial charge >= 0.3 is 6.03 Å². The molecule has 0 aliphatic rings. The van der Waals surface area contributed by atoms with E-state index in [1.54, 1.807) is 24.1 Å². The monoisotopic (exact) mass is 414 g/mol. The summed E-state index contributed by atoms with van der Waals surface area (Å²) in [6.45, 7) is 1.28. The summed E-state index contributed by atoms with van der Waals surface area (Å²) in [5.74, 6) is -0.765. The first-order chi connectivity index (χ1) is 14.4. The Morgan fingerprint density at radius 3 is 2.10 bits per heavy atom. The third-order valence-electron chi connectivity index (χ3n) is 4.28. The van der Waals surface area contributed by atoms with Crippen molar-refractivity contribution in [3.63, 3.8) is 0 Å². The molecule has 0 aromatic heterocycles. The second-order valence-electron chi connectivity index (χ2n) is 6.83. The first-order valence-corrected chi connectivity index (χ1v) is 9.75. The van der Waals surface area contributed by atoms with E-state index in [0.29, 0.717) is 12.1 Å². The number of halogens is 1. The number of amides is 4. The molecule has 0 heterocycles. The highest BCUT2D eigenvalue weighted by atomic mass is 19.1. The normalized spacial score (nSPS) is 10.2. The van der Waals surface area contributed by atoms with Gasteiger partial charge in [0, 0.05) is 39.6 Å². The van der Waals surface area contributed by atoms with Crippen molar-refractivity contribution in [3.8, 4) is 0 Å². The van der Waals surface area contributed by atoms with Crippen molar-refractivity contribution in [1.29, 1.82) is 0 Å². The van der Waals surface area contributed by atoms with Crippen molar-refractivity contribution < 1.29 is 18.8 Å². The third-order valence-corrected chi connectivity index (χ3v) is 4.28. The van der Waals surface area contributed by atoms with E-state index >= 15 is 0 Å². The van der Waals surface area contributed by atoms with Gasteiger partial charge in [-0.3, -0.25) is 9.59 Å². The molecule has 0 unspecified atom stereocenters. The number of carbonyl (C=O) groups excluding carboxylic acids is 3. The van der Waals surface area contributed by atoms with Crippen LogP contribution in [0.4, 0.5) is 9.18 Å². The summed E-state index contributed by atoms with van der Waals surface area (Å²) in [5.41, 5.74) is 1.74. The molecule has 0 spiro atoms. The van der Waals surface area contributed by atoms with E-state index in [2.05, 4.69) is 16.0 Å². The van der Waals surface area contributed by atoms with Crippen LogP contribution in [-0.2, 0) is 22.6 Å². The Labute approximate surface area is 175 Å². The van der Waals surface area contributed by atoms with Crippen LogP contribution in [0.25, 0.3) is 0 Å². The van der Waals surface area contributed by atoms with Crippen LogP contribution in [0.3, 0.4) is 0 Å². The summed E-state index contributed by atoms with van der Waals surface area (Å²) in [4.78, 5) is 37.2. The number of nitrogens with zero attached hydrogens (tertiary/aromatic N) is 1. The van der Waals surface area contributed by atoms with E-state index in [0.717, 1.165) is 5.56 Å². The lowest BCUT2D eigenvalue weighted by atomic mass is 10.1. The zero-order chi connectivity index (χ0) is 21.8. The Bertz CT molecular complexity index is 828. The second kappa shape index (κ2) is 12.2. The molecule has 0 atom stereocenters. The third kappa shape index (κ3) is 8.72. The molecule has 2 rings (SSSR count). The van der Waals surface area contributed by atoms with Crippen LogP contribution in [0, 0.1) is 5.82 Å². The summed E-state index contributed by atoms with van der Waals surface area (Å²) in [7, 11) is 1.69. The van der Waals surface area contributed by atoms with Crippen LogP contribution >= 0.6 is 0 Å². The van der Waals surface area contributed by atoms with Crippen LogP contribution in [0.2, 0.25) is 0 Å². The van der Waals surface area contributed by atoms with E-state index in [9.17, 15) is 18.8 Å². The number of hydrogen-bond acceptors (Lipinski definition) is 3. The molecule has 7 nitrogen and oxygen atoms in total. The fraction of sp³-hybridized carbons (Fsp3) is 0.318. The van der Waals surface area contributed by atoms with Gasteiger partial charge in [-0.05, 0) is 23.3 Å². The lowest BCUT2D eigenvalue weighted by Gasteiger charge is -2.18. The number of rotatable bonds is 10. The number of benzene rings is 2. The molecular weight excluding hydrogens is 387 g/mol. The summed E-state index contributed by atoms with van der Waals surface area (Å²) in [5, 5.41) is 8.08. The van der Waals surface area contributed by atoms with Crippen LogP contribution in [0.1, 0.15) is 17.5 Å². The molecule has 0 aliphatic carbocycles. The zero-order valence-corrected chi connectivity index (χ0v) is 17.0. The molecule has 2 aromatic carbocycles. The highest BCUT2D eigenvalue weighted by Gasteiger charge is 2.09. The summed E-state index contributed by atoms with van der Waals surface area (Å²) >= 11 is 0. The number of nitrogens with one attached hydrogen (secondary N) is 3. The van der Waals surface area contributed by atoms with Crippen LogP contribution in [0.5, 0.6) is 0 Å². The Kier molecular flexibility index (Phi) is 9.30. The summed E-state index contributed by atoms with van der Waals surface area (Å²) < 4.78 is 12.8. The quantitative estimate of drug-likeness (QED) is 0.518. The molecule has 160 valence electrons. The molecule has 0 radical (unpaired) electrons. The van der Waals surface area contributed by atoms with Gasteiger partial charge in [0.1, 0.15) is 5.82 Å². The maximum Gasteiger partial charge on any atom is 0.317 e. The summed E-state index contributed by atoms with van der Waals surface area (Å²) in [6.07, 6.45) is 0.297. The molecule has 0 aliphatic heterocycles. The smallest absolute Gasteiger partial charge is 0.317 e. The Morgan fingerprint density at radius 2 is 1.43 bits per heavy atom. The molecular formula is C22H27FN4O3. The predicted octanol–water partition coefficient (Wildman–Crippen LogP) is 1.83. The van der Waals surface area contributed by atoms with Crippen molar-refractivity contribution in [2.45, 2.75) is 19.4 Å². The average Bonchev–Trinajstić information content (AvgIpc) is 2.73. The minimum atomic E-state index is -0.346. The molecule has 0 fully saturated rings. The lowest BCUT2D eigenvalue weighted by Crippen LogP contribution is -2.40. The fourth-order valence-corrected chi connectivity index (χ4v) is 2.69. The van der Waals surface area contributed by atoms with E-state index in [-0.39, 0.29) is 56.1 Å². The van der Waals surface area contributed by atoms with E-state index in [1.165, 1.54) is 12.1 Å². The first-order valence-electron chi connectivity index (χ1n) is 9.75. The molecule has 3 N–H and O–H groups in total. The largest absolute Gasteiger partial charge is 0.354 e. The molecule has 8 heteroatoms. The van der Waals surface area contributed by atoms with Crippen molar-refractivity contribution >= 4 is 17.8 Å². The first kappa shape index (κ1) is 22.9. The zero-order valence-electron chi connectivity index (χ0n) is 17.0. The lowest BCUT2D eigenvalue weighted by molar-refractivity contribution is -0.122. The van der Waals surface area contributed by atoms with Gasteiger partial charge < -0.3 is 20.9 Å². The maximum absolute atomic E-state index is 12.8. The summed E-state index contributed by atoms with van der Waals surface area (Å²) in [6, 6.07) is 15.1. The molecule has 0 bridgehead atoms. The molecule has 4 amide bonds. The number of carbonyl (C=O) groups is 3. The Balaban J connectivity index is 1.53. The van der Waals surface area contributed by atoms with Crippen molar-refractivity contribution in [1.82, 2.24) is 20.9 Å². The van der Waals surface area contributed by atoms with Gasteiger partial charge in [0.15, 0.2) is 0 Å². The Morgan fingerprint density at radius 1 is 0.800 bits per heavy atom. The fourth-order valence-electron chi connectivity index (χ4n) is 2.69. The highest BCUT2D eigenvalue weighted by Crippen LogP contribution is 2.03. The van der Waals surface area contributed by atoms with E-state index in [4.69, 9.17) is 0 Å². The molecule has 2 aromatic rings. The van der Waals surface area contributed by atoms with Gasteiger partial charge in [0.25, 0.3) is 0 Å². The molecule has 30 heavy (non-hydrogen) atoms.